The molecular formula is C21H22N2O2. The van der Waals surface area contributed by atoms with Crippen molar-refractivity contribution in [2.45, 2.75) is 38.5 Å². The Morgan fingerprint density at radius 1 is 0.960 bits per heavy atom. The third kappa shape index (κ3) is 3.43. The van der Waals surface area contributed by atoms with Crippen molar-refractivity contribution in [1.29, 1.82) is 0 Å². The summed E-state index contributed by atoms with van der Waals surface area (Å²) in [4.78, 5) is 25.9. The zero-order valence-electron chi connectivity index (χ0n) is 14.3. The van der Waals surface area contributed by atoms with E-state index < -0.39 is 0 Å². The van der Waals surface area contributed by atoms with Crippen LogP contribution in [0.3, 0.4) is 0 Å². The average Bonchev–Trinajstić information content (AvgIpc) is 3.24. The molecule has 2 amide bonds. The first kappa shape index (κ1) is 15.9. The van der Waals surface area contributed by atoms with Gasteiger partial charge in [0.1, 0.15) is 0 Å². The van der Waals surface area contributed by atoms with Crippen LogP contribution in [0.15, 0.2) is 42.5 Å². The van der Waals surface area contributed by atoms with Gasteiger partial charge in [0.2, 0.25) is 11.8 Å². The molecule has 1 saturated heterocycles. The van der Waals surface area contributed by atoms with Gasteiger partial charge in [-0.15, -0.1) is 0 Å². The molecule has 2 aromatic rings. The zero-order valence-corrected chi connectivity index (χ0v) is 14.3. The molecule has 0 bridgehead atoms. The maximum atomic E-state index is 12.3. The summed E-state index contributed by atoms with van der Waals surface area (Å²) in [6.45, 7) is 0.789. The van der Waals surface area contributed by atoms with Gasteiger partial charge in [0.05, 0.1) is 6.42 Å². The maximum Gasteiger partial charge on any atom is 0.228 e. The summed E-state index contributed by atoms with van der Waals surface area (Å²) >= 11 is 0. The minimum absolute atomic E-state index is 0.0112. The number of carbonyl (C=O) groups is 2. The van der Waals surface area contributed by atoms with Gasteiger partial charge in [-0.1, -0.05) is 18.2 Å². The van der Waals surface area contributed by atoms with E-state index in [0.717, 1.165) is 42.7 Å². The predicted molar refractivity (Wildman–Crippen MR) is 98.8 cm³/mol. The number of aryl methyl sites for hydroxylation is 2. The molecule has 128 valence electrons. The van der Waals surface area contributed by atoms with Crippen LogP contribution in [0, 0.1) is 0 Å². The van der Waals surface area contributed by atoms with Gasteiger partial charge in [0.15, 0.2) is 0 Å². The lowest BCUT2D eigenvalue weighted by Gasteiger charge is -2.16. The van der Waals surface area contributed by atoms with Gasteiger partial charge in [-0.3, -0.25) is 9.59 Å². The van der Waals surface area contributed by atoms with E-state index in [1.165, 1.54) is 17.5 Å². The van der Waals surface area contributed by atoms with E-state index in [4.69, 9.17) is 0 Å². The number of rotatable bonds is 4. The standard InChI is InChI=1S/C21H22N2O2/c24-20(22-18-9-8-16-3-1-4-17(16)14-18)13-15-6-10-19(11-7-15)23-12-2-5-21(23)25/h6-11,14H,1-5,12-13H2,(H,22,24). The Hall–Kier alpha value is -2.62. The zero-order chi connectivity index (χ0) is 17.2. The molecule has 2 aromatic carbocycles. The molecule has 25 heavy (non-hydrogen) atoms. The van der Waals surface area contributed by atoms with Gasteiger partial charge in [-0.2, -0.15) is 0 Å². The lowest BCUT2D eigenvalue weighted by Crippen LogP contribution is -2.23. The third-order valence-corrected chi connectivity index (χ3v) is 5.07. The van der Waals surface area contributed by atoms with E-state index in [9.17, 15) is 9.59 Å². The first-order valence-corrected chi connectivity index (χ1v) is 9.00. The van der Waals surface area contributed by atoms with Gasteiger partial charge in [0, 0.05) is 24.3 Å². The topological polar surface area (TPSA) is 49.4 Å². The predicted octanol–water partition coefficient (Wildman–Crippen LogP) is 3.48. The molecule has 1 heterocycles. The normalized spacial score (nSPS) is 16.2. The fourth-order valence-corrected chi connectivity index (χ4v) is 3.76. The van der Waals surface area contributed by atoms with Crippen molar-refractivity contribution < 1.29 is 9.59 Å². The van der Waals surface area contributed by atoms with Crippen molar-refractivity contribution in [3.63, 3.8) is 0 Å². The molecule has 0 atom stereocenters. The summed E-state index contributed by atoms with van der Waals surface area (Å²) < 4.78 is 0. The third-order valence-electron chi connectivity index (χ3n) is 5.07. The van der Waals surface area contributed by atoms with Crippen LogP contribution in [0.5, 0.6) is 0 Å². The second-order valence-corrected chi connectivity index (χ2v) is 6.88. The Bertz CT molecular complexity index is 811. The van der Waals surface area contributed by atoms with Crippen LogP contribution in [-0.4, -0.2) is 18.4 Å². The molecule has 0 aromatic heterocycles. The fraction of sp³-hybridized carbons (Fsp3) is 0.333. The number of nitrogens with one attached hydrogen (secondary N) is 1. The number of anilines is 2. The highest BCUT2D eigenvalue weighted by atomic mass is 16.2. The summed E-state index contributed by atoms with van der Waals surface area (Å²) in [5, 5.41) is 2.99. The van der Waals surface area contributed by atoms with Crippen LogP contribution in [0.1, 0.15) is 36.0 Å². The number of fused-ring (bicyclic) bond motifs is 1. The average molecular weight is 334 g/mol. The second kappa shape index (κ2) is 6.71. The number of hydrogen-bond acceptors (Lipinski definition) is 2. The van der Waals surface area contributed by atoms with E-state index in [-0.39, 0.29) is 11.8 Å². The van der Waals surface area contributed by atoms with Crippen LogP contribution in [0.2, 0.25) is 0 Å². The molecule has 4 nitrogen and oxygen atoms in total. The molecule has 0 saturated carbocycles. The van der Waals surface area contributed by atoms with E-state index >= 15 is 0 Å². The molecule has 1 aliphatic carbocycles. The highest BCUT2D eigenvalue weighted by molar-refractivity contribution is 5.95. The van der Waals surface area contributed by atoms with E-state index in [0.29, 0.717) is 12.8 Å². The van der Waals surface area contributed by atoms with Crippen LogP contribution in [0.4, 0.5) is 11.4 Å². The van der Waals surface area contributed by atoms with E-state index in [1.54, 1.807) is 0 Å². The Labute approximate surface area is 147 Å². The largest absolute Gasteiger partial charge is 0.326 e. The lowest BCUT2D eigenvalue weighted by molar-refractivity contribution is -0.117. The monoisotopic (exact) mass is 334 g/mol. The summed E-state index contributed by atoms with van der Waals surface area (Å²) in [7, 11) is 0. The summed E-state index contributed by atoms with van der Waals surface area (Å²) in [5.41, 5.74) is 5.52. The quantitative estimate of drug-likeness (QED) is 0.930. The highest BCUT2D eigenvalue weighted by Gasteiger charge is 2.21. The Morgan fingerprint density at radius 2 is 1.76 bits per heavy atom. The molecule has 1 aliphatic heterocycles. The Kier molecular flexibility index (Phi) is 4.26. The van der Waals surface area contributed by atoms with Crippen molar-refractivity contribution in [3.05, 3.63) is 59.2 Å². The Balaban J connectivity index is 1.38. The van der Waals surface area contributed by atoms with Crippen molar-refractivity contribution >= 4 is 23.2 Å². The Morgan fingerprint density at radius 3 is 2.52 bits per heavy atom. The fourth-order valence-electron chi connectivity index (χ4n) is 3.76. The van der Waals surface area contributed by atoms with Crippen molar-refractivity contribution in [3.8, 4) is 0 Å². The van der Waals surface area contributed by atoms with Crippen LogP contribution >= 0.6 is 0 Å². The van der Waals surface area contributed by atoms with E-state index in [1.807, 2.05) is 35.2 Å². The molecule has 4 heteroatoms. The van der Waals surface area contributed by atoms with Crippen LogP contribution in [0.25, 0.3) is 0 Å². The molecule has 4 rings (SSSR count). The van der Waals surface area contributed by atoms with Crippen LogP contribution < -0.4 is 10.2 Å². The van der Waals surface area contributed by atoms with Gasteiger partial charge < -0.3 is 10.2 Å². The van der Waals surface area contributed by atoms with Crippen molar-refractivity contribution in [2.75, 3.05) is 16.8 Å². The summed E-state index contributed by atoms with van der Waals surface area (Å²) in [5.74, 6) is 0.171. The summed E-state index contributed by atoms with van der Waals surface area (Å²) in [6.07, 6.45) is 5.35. The number of carbonyl (C=O) groups excluding carboxylic acids is 2. The van der Waals surface area contributed by atoms with Crippen molar-refractivity contribution in [1.82, 2.24) is 0 Å². The molecule has 0 unspecified atom stereocenters. The minimum atomic E-state index is -0.0112. The van der Waals surface area contributed by atoms with Gasteiger partial charge in [-0.05, 0) is 66.6 Å². The van der Waals surface area contributed by atoms with Gasteiger partial charge in [-0.25, -0.2) is 0 Å². The smallest absolute Gasteiger partial charge is 0.228 e. The maximum absolute atomic E-state index is 12.3. The summed E-state index contributed by atoms with van der Waals surface area (Å²) in [6, 6.07) is 13.9. The minimum Gasteiger partial charge on any atom is -0.326 e. The molecule has 2 aliphatic rings. The second-order valence-electron chi connectivity index (χ2n) is 6.88. The lowest BCUT2D eigenvalue weighted by atomic mass is 10.1. The molecule has 0 radical (unpaired) electrons. The van der Waals surface area contributed by atoms with Gasteiger partial charge >= 0.3 is 0 Å². The number of amides is 2. The van der Waals surface area contributed by atoms with Crippen molar-refractivity contribution in [2.24, 2.45) is 0 Å². The number of benzene rings is 2. The number of nitrogens with zero attached hydrogens (tertiary/aromatic N) is 1. The first-order valence-electron chi connectivity index (χ1n) is 9.00. The molecular weight excluding hydrogens is 312 g/mol. The molecule has 0 spiro atoms. The highest BCUT2D eigenvalue weighted by Crippen LogP contribution is 2.25. The van der Waals surface area contributed by atoms with Crippen LogP contribution in [-0.2, 0) is 28.9 Å². The molecule has 1 fully saturated rings. The van der Waals surface area contributed by atoms with Gasteiger partial charge in [0.25, 0.3) is 0 Å². The number of hydrogen-bond donors (Lipinski definition) is 1. The SMILES string of the molecule is O=C(Cc1ccc(N2CCCC2=O)cc1)Nc1ccc2c(c1)CCC2. The first-order chi connectivity index (χ1) is 12.2. The molecule has 1 N–H and O–H groups in total. The van der Waals surface area contributed by atoms with E-state index in [2.05, 4.69) is 17.4 Å².